The number of hydrogen-bond donors (Lipinski definition) is 2. The predicted molar refractivity (Wildman–Crippen MR) is 90.1 cm³/mol. The lowest BCUT2D eigenvalue weighted by Crippen LogP contribution is -2.48. The molecule has 0 radical (unpaired) electrons. The van der Waals surface area contributed by atoms with Crippen molar-refractivity contribution in [3.8, 4) is 5.75 Å². The minimum absolute atomic E-state index is 0. The quantitative estimate of drug-likeness (QED) is 0.809. The summed E-state index contributed by atoms with van der Waals surface area (Å²) < 4.78 is 5.47. The normalized spacial score (nSPS) is 17.4. The van der Waals surface area contributed by atoms with Gasteiger partial charge in [-0.1, -0.05) is 0 Å². The van der Waals surface area contributed by atoms with Gasteiger partial charge < -0.3 is 20.3 Å². The van der Waals surface area contributed by atoms with Gasteiger partial charge in [0, 0.05) is 44.2 Å². The van der Waals surface area contributed by atoms with E-state index in [9.17, 15) is 9.59 Å². The maximum Gasteiger partial charge on any atom is 0.257 e. The Morgan fingerprint density at radius 1 is 1.30 bits per heavy atom. The Morgan fingerprint density at radius 3 is 2.61 bits per heavy atom. The summed E-state index contributed by atoms with van der Waals surface area (Å²) in [6.45, 7) is 3.43. The third-order valence-corrected chi connectivity index (χ3v) is 4.05. The van der Waals surface area contributed by atoms with Crippen LogP contribution in [0.15, 0.2) is 24.3 Å². The van der Waals surface area contributed by atoms with Gasteiger partial charge in [-0.3, -0.25) is 9.59 Å². The maximum atomic E-state index is 11.7. The summed E-state index contributed by atoms with van der Waals surface area (Å²) in [6, 6.07) is 7.31. The van der Waals surface area contributed by atoms with Crippen LogP contribution >= 0.6 is 12.4 Å². The summed E-state index contributed by atoms with van der Waals surface area (Å²) in [5.41, 5.74) is 0.886. The van der Waals surface area contributed by atoms with Crippen LogP contribution in [0.2, 0.25) is 0 Å². The van der Waals surface area contributed by atoms with E-state index in [1.54, 1.807) is 17.0 Å². The Kier molecular flexibility index (Phi) is 6.24. The van der Waals surface area contributed by atoms with E-state index in [4.69, 9.17) is 4.74 Å². The fourth-order valence-electron chi connectivity index (χ4n) is 2.59. The number of carbonyl (C=O) groups is 2. The minimum atomic E-state index is -0.106. The highest BCUT2D eigenvalue weighted by Gasteiger charge is 2.21. The SMILES string of the molecule is Cl.O=C(COc1ccc(N2CCCC2=O)cc1)NCC1CNC1. The standard InChI is InChI=1S/C16H21N3O3.ClH/c20-15(18-10-12-8-17-9-12)11-22-14-5-3-13(4-6-14)19-7-1-2-16(19)21;/h3-6,12,17H,1-2,7-11H2,(H,18,20);1H. The molecule has 0 saturated carbocycles. The van der Waals surface area contributed by atoms with Crippen molar-refractivity contribution >= 4 is 29.9 Å². The zero-order valence-electron chi connectivity index (χ0n) is 12.9. The maximum absolute atomic E-state index is 11.7. The summed E-state index contributed by atoms with van der Waals surface area (Å²) in [6.07, 6.45) is 1.53. The molecule has 0 aliphatic carbocycles. The Balaban J connectivity index is 0.00000192. The van der Waals surface area contributed by atoms with Crippen LogP contribution in [0.25, 0.3) is 0 Å². The molecule has 23 heavy (non-hydrogen) atoms. The smallest absolute Gasteiger partial charge is 0.257 e. The molecule has 6 nitrogen and oxygen atoms in total. The molecule has 1 aromatic rings. The molecule has 2 heterocycles. The summed E-state index contributed by atoms with van der Waals surface area (Å²) in [7, 11) is 0. The van der Waals surface area contributed by atoms with Crippen molar-refractivity contribution in [2.24, 2.45) is 5.92 Å². The molecule has 2 aliphatic rings. The number of halogens is 1. The van der Waals surface area contributed by atoms with Gasteiger partial charge in [-0.2, -0.15) is 0 Å². The average Bonchev–Trinajstić information content (AvgIpc) is 2.90. The first-order chi connectivity index (χ1) is 10.7. The van der Waals surface area contributed by atoms with Gasteiger partial charge in [0.15, 0.2) is 6.61 Å². The van der Waals surface area contributed by atoms with Crippen LogP contribution < -0.4 is 20.3 Å². The largest absolute Gasteiger partial charge is 0.484 e. The molecule has 2 fully saturated rings. The van der Waals surface area contributed by atoms with Crippen LogP contribution in [-0.2, 0) is 9.59 Å². The van der Waals surface area contributed by atoms with E-state index in [2.05, 4.69) is 10.6 Å². The van der Waals surface area contributed by atoms with Crippen molar-refractivity contribution < 1.29 is 14.3 Å². The zero-order valence-corrected chi connectivity index (χ0v) is 13.7. The van der Waals surface area contributed by atoms with Crippen LogP contribution in [0.1, 0.15) is 12.8 Å². The second-order valence-corrected chi connectivity index (χ2v) is 5.76. The Hall–Kier alpha value is -1.79. The molecule has 0 aromatic heterocycles. The van der Waals surface area contributed by atoms with Crippen LogP contribution in [-0.4, -0.2) is 44.6 Å². The molecule has 126 valence electrons. The monoisotopic (exact) mass is 339 g/mol. The molecule has 0 atom stereocenters. The third-order valence-electron chi connectivity index (χ3n) is 4.05. The molecule has 0 spiro atoms. The first-order valence-electron chi connectivity index (χ1n) is 7.73. The van der Waals surface area contributed by atoms with Gasteiger partial charge in [-0.25, -0.2) is 0 Å². The van der Waals surface area contributed by atoms with Crippen LogP contribution in [0.5, 0.6) is 5.75 Å². The Morgan fingerprint density at radius 2 is 2.04 bits per heavy atom. The van der Waals surface area contributed by atoms with Gasteiger partial charge in [0.2, 0.25) is 5.91 Å². The number of nitrogens with one attached hydrogen (secondary N) is 2. The van der Waals surface area contributed by atoms with E-state index >= 15 is 0 Å². The molecule has 2 saturated heterocycles. The number of amides is 2. The van der Waals surface area contributed by atoms with Crippen LogP contribution in [0.3, 0.4) is 0 Å². The number of hydrogen-bond acceptors (Lipinski definition) is 4. The first kappa shape index (κ1) is 17.6. The van der Waals surface area contributed by atoms with Crippen molar-refractivity contribution in [1.82, 2.24) is 10.6 Å². The summed E-state index contributed by atoms with van der Waals surface area (Å²) in [4.78, 5) is 25.1. The highest BCUT2D eigenvalue weighted by Crippen LogP contribution is 2.23. The predicted octanol–water partition coefficient (Wildman–Crippen LogP) is 0.950. The van der Waals surface area contributed by atoms with E-state index in [1.165, 1.54) is 0 Å². The lowest BCUT2D eigenvalue weighted by Gasteiger charge is -2.27. The second kappa shape index (κ2) is 8.17. The molecule has 1 aromatic carbocycles. The highest BCUT2D eigenvalue weighted by molar-refractivity contribution is 5.95. The Bertz CT molecular complexity index is 546. The number of carbonyl (C=O) groups excluding carboxylic acids is 2. The molecular weight excluding hydrogens is 318 g/mol. The minimum Gasteiger partial charge on any atom is -0.484 e. The van der Waals surface area contributed by atoms with E-state index in [0.717, 1.165) is 31.7 Å². The zero-order chi connectivity index (χ0) is 15.4. The van der Waals surface area contributed by atoms with Crippen molar-refractivity contribution in [2.45, 2.75) is 12.8 Å². The van der Waals surface area contributed by atoms with Gasteiger partial charge in [-0.15, -0.1) is 12.4 Å². The van der Waals surface area contributed by atoms with E-state index < -0.39 is 0 Å². The number of nitrogens with zero attached hydrogens (tertiary/aromatic N) is 1. The molecule has 3 rings (SSSR count). The molecule has 2 amide bonds. The molecule has 7 heteroatoms. The number of benzene rings is 1. The summed E-state index contributed by atoms with van der Waals surface area (Å²) in [5, 5.41) is 6.02. The van der Waals surface area contributed by atoms with Crippen molar-refractivity contribution in [2.75, 3.05) is 37.7 Å². The van der Waals surface area contributed by atoms with Gasteiger partial charge >= 0.3 is 0 Å². The van der Waals surface area contributed by atoms with Gasteiger partial charge in [0.25, 0.3) is 5.91 Å². The van der Waals surface area contributed by atoms with Crippen LogP contribution in [0, 0.1) is 5.92 Å². The molecule has 0 bridgehead atoms. The first-order valence-corrected chi connectivity index (χ1v) is 7.73. The summed E-state index contributed by atoms with van der Waals surface area (Å²) >= 11 is 0. The molecule has 0 unspecified atom stereocenters. The van der Waals surface area contributed by atoms with E-state index in [1.807, 2.05) is 12.1 Å². The van der Waals surface area contributed by atoms with Gasteiger partial charge in [-0.05, 0) is 30.7 Å². The number of rotatable bonds is 6. The number of anilines is 1. The molecular formula is C16H22ClN3O3. The molecule has 2 N–H and O–H groups in total. The van der Waals surface area contributed by atoms with Crippen molar-refractivity contribution in [3.63, 3.8) is 0 Å². The van der Waals surface area contributed by atoms with E-state index in [-0.39, 0.29) is 30.8 Å². The van der Waals surface area contributed by atoms with Gasteiger partial charge in [0.1, 0.15) is 5.75 Å². The third kappa shape index (κ3) is 4.59. The van der Waals surface area contributed by atoms with Crippen molar-refractivity contribution in [3.05, 3.63) is 24.3 Å². The topological polar surface area (TPSA) is 70.7 Å². The van der Waals surface area contributed by atoms with Crippen molar-refractivity contribution in [1.29, 1.82) is 0 Å². The lowest BCUT2D eigenvalue weighted by molar-refractivity contribution is -0.123. The fourth-order valence-corrected chi connectivity index (χ4v) is 2.59. The second-order valence-electron chi connectivity index (χ2n) is 5.76. The Labute approximate surface area is 142 Å². The van der Waals surface area contributed by atoms with Crippen LogP contribution in [0.4, 0.5) is 5.69 Å². The fraction of sp³-hybridized carbons (Fsp3) is 0.500. The lowest BCUT2D eigenvalue weighted by atomic mass is 10.0. The summed E-state index contributed by atoms with van der Waals surface area (Å²) in [5.74, 6) is 1.24. The number of ether oxygens (including phenoxy) is 1. The average molecular weight is 340 g/mol. The molecule has 2 aliphatic heterocycles. The highest BCUT2D eigenvalue weighted by atomic mass is 35.5. The van der Waals surface area contributed by atoms with E-state index in [0.29, 0.717) is 24.6 Å². The van der Waals surface area contributed by atoms with Gasteiger partial charge in [0.05, 0.1) is 0 Å².